The molecule has 0 bridgehead atoms. The fourth-order valence-corrected chi connectivity index (χ4v) is 5.88. The average molecular weight is 349 g/mol. The van der Waals surface area contributed by atoms with Crippen LogP contribution < -0.4 is 8.90 Å². The Hall–Kier alpha value is -0.971. The number of benzene rings is 1. The third-order valence-electron chi connectivity index (χ3n) is 3.66. The fraction of sp³-hybridized carbons (Fsp3) is 0.357. The molecular formula is C14H18N2OSn. The van der Waals surface area contributed by atoms with Crippen molar-refractivity contribution in [2.75, 3.05) is 6.54 Å². The van der Waals surface area contributed by atoms with Crippen LogP contribution in [0.4, 0.5) is 0 Å². The van der Waals surface area contributed by atoms with Crippen molar-refractivity contribution in [3.8, 4) is 0 Å². The summed E-state index contributed by atoms with van der Waals surface area (Å²) >= 11 is -2.03. The molecule has 2 aromatic rings. The first kappa shape index (κ1) is 12.1. The van der Waals surface area contributed by atoms with E-state index < -0.39 is 18.4 Å². The Kier molecular flexibility index (Phi) is 2.69. The minimum absolute atomic E-state index is 0.0354. The van der Waals surface area contributed by atoms with Crippen LogP contribution in [0.15, 0.2) is 18.2 Å². The first-order valence-corrected chi connectivity index (χ1v) is 16.4. The molecule has 0 saturated carbocycles. The van der Waals surface area contributed by atoms with Gasteiger partial charge in [-0.25, -0.2) is 0 Å². The van der Waals surface area contributed by atoms with Gasteiger partial charge in [0.1, 0.15) is 0 Å². The normalized spacial score (nSPS) is 15.6. The Balaban J connectivity index is 2.22. The zero-order chi connectivity index (χ0) is 12.9. The number of aromatic amines is 1. The SMILES string of the molecule is [CH3][Sn]([CH3])([CH3])[c]1ccc2c3c([nH]c2c1)C(=O)NCC3. The Morgan fingerprint density at radius 1 is 1.22 bits per heavy atom. The van der Waals surface area contributed by atoms with Crippen LogP contribution in [0.2, 0.25) is 14.8 Å². The topological polar surface area (TPSA) is 44.9 Å². The third kappa shape index (κ3) is 1.85. The molecule has 0 aliphatic carbocycles. The van der Waals surface area contributed by atoms with Crippen molar-refractivity contribution in [3.05, 3.63) is 29.5 Å². The number of aromatic nitrogens is 1. The predicted molar refractivity (Wildman–Crippen MR) is 77.3 cm³/mol. The standard InChI is InChI=1S/C11H9N2O.3CH3.Sn/c14-11-10-8(5-6-12-11)7-3-1-2-4-9(7)13-10;;;;/h1,3-4,13H,5-6H2,(H,12,14);3*1H3;. The molecule has 1 aliphatic rings. The van der Waals surface area contributed by atoms with Crippen LogP contribution >= 0.6 is 0 Å². The molecular weight excluding hydrogens is 331 g/mol. The Morgan fingerprint density at radius 2 is 2.00 bits per heavy atom. The summed E-state index contributed by atoms with van der Waals surface area (Å²) in [7, 11) is 0. The van der Waals surface area contributed by atoms with Crippen molar-refractivity contribution in [2.45, 2.75) is 21.2 Å². The molecule has 1 aliphatic heterocycles. The fourth-order valence-electron chi connectivity index (χ4n) is 2.57. The van der Waals surface area contributed by atoms with Gasteiger partial charge in [-0.15, -0.1) is 0 Å². The molecule has 1 amide bonds. The molecule has 0 saturated heterocycles. The van der Waals surface area contributed by atoms with Gasteiger partial charge in [0.05, 0.1) is 0 Å². The second-order valence-corrected chi connectivity index (χ2v) is 20.5. The van der Waals surface area contributed by atoms with Crippen LogP contribution in [0.3, 0.4) is 0 Å². The summed E-state index contributed by atoms with van der Waals surface area (Å²) in [5.74, 6) is 0.0354. The van der Waals surface area contributed by atoms with Crippen LogP contribution in [-0.4, -0.2) is 35.8 Å². The van der Waals surface area contributed by atoms with Gasteiger partial charge in [0.25, 0.3) is 0 Å². The first-order chi connectivity index (χ1) is 8.47. The van der Waals surface area contributed by atoms with Gasteiger partial charge in [-0.3, -0.25) is 0 Å². The Labute approximate surface area is 111 Å². The summed E-state index contributed by atoms with van der Waals surface area (Å²) in [6.45, 7) is 0.749. The minimum atomic E-state index is -2.03. The van der Waals surface area contributed by atoms with Crippen molar-refractivity contribution in [1.82, 2.24) is 10.3 Å². The van der Waals surface area contributed by atoms with Crippen molar-refractivity contribution in [1.29, 1.82) is 0 Å². The van der Waals surface area contributed by atoms with Crippen LogP contribution in [0.5, 0.6) is 0 Å². The number of rotatable bonds is 1. The van der Waals surface area contributed by atoms with Gasteiger partial charge >= 0.3 is 111 Å². The Morgan fingerprint density at radius 3 is 2.72 bits per heavy atom. The summed E-state index contributed by atoms with van der Waals surface area (Å²) in [5, 5.41) is 4.11. The van der Waals surface area contributed by atoms with Gasteiger partial charge in [-0.2, -0.15) is 0 Å². The zero-order valence-corrected chi connectivity index (χ0v) is 13.9. The second kappa shape index (κ2) is 4.01. The van der Waals surface area contributed by atoms with E-state index in [9.17, 15) is 4.79 Å². The van der Waals surface area contributed by atoms with E-state index in [2.05, 4.69) is 43.3 Å². The number of carbonyl (C=O) groups is 1. The van der Waals surface area contributed by atoms with E-state index in [1.807, 2.05) is 0 Å². The van der Waals surface area contributed by atoms with E-state index in [4.69, 9.17) is 0 Å². The van der Waals surface area contributed by atoms with E-state index in [0.29, 0.717) is 0 Å². The summed E-state index contributed by atoms with van der Waals surface area (Å²) < 4.78 is 1.50. The van der Waals surface area contributed by atoms with Crippen molar-refractivity contribution in [3.63, 3.8) is 0 Å². The molecule has 3 nitrogen and oxygen atoms in total. The number of fused-ring (bicyclic) bond motifs is 3. The van der Waals surface area contributed by atoms with Crippen molar-refractivity contribution in [2.24, 2.45) is 0 Å². The molecule has 4 heteroatoms. The Bertz CT molecular complexity index is 637. The van der Waals surface area contributed by atoms with Crippen LogP contribution in [0.1, 0.15) is 16.1 Å². The number of hydrogen-bond acceptors (Lipinski definition) is 1. The van der Waals surface area contributed by atoms with E-state index in [0.717, 1.165) is 24.2 Å². The first-order valence-electron chi connectivity index (χ1n) is 6.40. The third-order valence-corrected chi connectivity index (χ3v) is 9.49. The molecule has 0 fully saturated rings. The summed E-state index contributed by atoms with van der Waals surface area (Å²) in [6, 6.07) is 6.72. The maximum atomic E-state index is 11.8. The van der Waals surface area contributed by atoms with Crippen LogP contribution in [0, 0.1) is 0 Å². The van der Waals surface area contributed by atoms with E-state index in [1.54, 1.807) is 0 Å². The van der Waals surface area contributed by atoms with Gasteiger partial charge < -0.3 is 0 Å². The molecule has 18 heavy (non-hydrogen) atoms. The van der Waals surface area contributed by atoms with Gasteiger partial charge in [0.15, 0.2) is 0 Å². The number of nitrogens with one attached hydrogen (secondary N) is 2. The molecule has 94 valence electrons. The van der Waals surface area contributed by atoms with Crippen molar-refractivity contribution < 1.29 is 4.79 Å². The monoisotopic (exact) mass is 350 g/mol. The molecule has 3 rings (SSSR count). The van der Waals surface area contributed by atoms with E-state index in [1.165, 1.54) is 14.5 Å². The number of H-pyrrole nitrogens is 1. The molecule has 0 unspecified atom stereocenters. The van der Waals surface area contributed by atoms with Crippen LogP contribution in [0.25, 0.3) is 10.9 Å². The van der Waals surface area contributed by atoms with E-state index >= 15 is 0 Å². The van der Waals surface area contributed by atoms with Gasteiger partial charge in [0.2, 0.25) is 0 Å². The molecule has 1 aromatic heterocycles. The molecule has 0 radical (unpaired) electrons. The molecule has 2 N–H and O–H groups in total. The predicted octanol–water partition coefficient (Wildman–Crippen LogP) is 2.00. The van der Waals surface area contributed by atoms with Crippen LogP contribution in [-0.2, 0) is 6.42 Å². The quantitative estimate of drug-likeness (QED) is 0.761. The van der Waals surface area contributed by atoms with Crippen molar-refractivity contribution >= 4 is 38.8 Å². The summed E-state index contributed by atoms with van der Waals surface area (Å²) in [5.41, 5.74) is 3.07. The number of hydrogen-bond donors (Lipinski definition) is 2. The van der Waals surface area contributed by atoms with Gasteiger partial charge in [0, 0.05) is 0 Å². The molecule has 2 heterocycles. The maximum absolute atomic E-state index is 11.8. The van der Waals surface area contributed by atoms with Gasteiger partial charge in [-0.05, 0) is 0 Å². The number of amides is 1. The number of carbonyl (C=O) groups excluding carboxylic acids is 1. The summed E-state index contributed by atoms with van der Waals surface area (Å²) in [4.78, 5) is 22.3. The zero-order valence-electron chi connectivity index (χ0n) is 11.1. The molecule has 0 spiro atoms. The molecule has 0 atom stereocenters. The van der Waals surface area contributed by atoms with Gasteiger partial charge in [-0.1, -0.05) is 0 Å². The van der Waals surface area contributed by atoms with E-state index in [-0.39, 0.29) is 5.91 Å². The average Bonchev–Trinajstić information content (AvgIpc) is 2.67. The molecule has 1 aromatic carbocycles. The summed E-state index contributed by atoms with van der Waals surface area (Å²) in [6.07, 6.45) is 0.930. The second-order valence-electron chi connectivity index (χ2n) is 5.99.